The second kappa shape index (κ2) is 6.74. The maximum absolute atomic E-state index is 11.2. The van der Waals surface area contributed by atoms with Gasteiger partial charge in [0.15, 0.2) is 0 Å². The molecule has 0 aromatic heterocycles. The van der Waals surface area contributed by atoms with Gasteiger partial charge < -0.3 is 15.7 Å². The van der Waals surface area contributed by atoms with Gasteiger partial charge in [0.2, 0.25) is 0 Å². The molecule has 2 amide bonds. The molecule has 1 fully saturated rings. The topological polar surface area (TPSA) is 78.4 Å². The minimum atomic E-state index is -0.761. The lowest BCUT2D eigenvalue weighted by atomic mass is 10.00. The van der Waals surface area contributed by atoms with Gasteiger partial charge >= 0.3 is 12.0 Å². The highest BCUT2D eigenvalue weighted by molar-refractivity contribution is 7.81. The molecule has 0 aliphatic carbocycles. The summed E-state index contributed by atoms with van der Waals surface area (Å²) in [5.74, 6) is -0.761. The average molecular weight is 260 g/mol. The summed E-state index contributed by atoms with van der Waals surface area (Å²) in [6.45, 7) is 2.02. The molecule has 1 rings (SSSR count). The van der Waals surface area contributed by atoms with Crippen molar-refractivity contribution >= 4 is 24.6 Å². The van der Waals surface area contributed by atoms with Crippen molar-refractivity contribution in [1.82, 2.24) is 10.6 Å². The van der Waals surface area contributed by atoms with Crippen LogP contribution in [0.25, 0.3) is 0 Å². The Kier molecular flexibility index (Phi) is 5.61. The Morgan fingerprint density at radius 2 is 2.18 bits per heavy atom. The van der Waals surface area contributed by atoms with E-state index in [9.17, 15) is 9.59 Å². The summed E-state index contributed by atoms with van der Waals surface area (Å²) in [4.78, 5) is 21.6. The molecule has 3 N–H and O–H groups in total. The summed E-state index contributed by atoms with van der Waals surface area (Å²) in [7, 11) is 0. The maximum Gasteiger partial charge on any atom is 0.315 e. The Balaban J connectivity index is 2.29. The van der Waals surface area contributed by atoms with Crippen molar-refractivity contribution in [3.8, 4) is 0 Å². The monoisotopic (exact) mass is 260 g/mol. The van der Waals surface area contributed by atoms with Crippen molar-refractivity contribution in [2.45, 2.75) is 56.4 Å². The molecule has 1 heterocycles. The van der Waals surface area contributed by atoms with Gasteiger partial charge in [0.1, 0.15) is 0 Å². The standard InChI is InChI=1S/C11H20N2O3S/c1-2-7-10(13-11(16)12-7)8(17)5-3-4-6-9(14)15/h7-8,10,17H,2-6H2,1H3,(H,14,15)(H2,12,13,16). The van der Waals surface area contributed by atoms with Crippen molar-refractivity contribution in [3.05, 3.63) is 0 Å². The maximum atomic E-state index is 11.2. The summed E-state index contributed by atoms with van der Waals surface area (Å²) in [6, 6.07) is 0.0385. The lowest BCUT2D eigenvalue weighted by Gasteiger charge is -2.22. The fourth-order valence-corrected chi connectivity index (χ4v) is 2.55. The number of carboxylic acids is 1. The van der Waals surface area contributed by atoms with Gasteiger partial charge in [-0.05, 0) is 19.3 Å². The molecule has 1 aliphatic heterocycles. The van der Waals surface area contributed by atoms with E-state index in [-0.39, 0.29) is 29.8 Å². The first-order valence-electron chi connectivity index (χ1n) is 6.01. The quantitative estimate of drug-likeness (QED) is 0.412. The minimum Gasteiger partial charge on any atom is -0.481 e. The number of unbranched alkanes of at least 4 members (excludes halogenated alkanes) is 1. The molecular weight excluding hydrogens is 240 g/mol. The average Bonchev–Trinajstić information content (AvgIpc) is 2.65. The summed E-state index contributed by atoms with van der Waals surface area (Å²) in [6.07, 6.45) is 3.38. The van der Waals surface area contributed by atoms with E-state index in [1.165, 1.54) is 0 Å². The lowest BCUT2D eigenvalue weighted by Crippen LogP contribution is -2.40. The third-order valence-electron chi connectivity index (χ3n) is 3.04. The number of hydrogen-bond acceptors (Lipinski definition) is 3. The summed E-state index contributed by atoms with van der Waals surface area (Å²) in [5, 5.41) is 14.3. The van der Waals surface area contributed by atoms with Gasteiger partial charge in [-0.15, -0.1) is 0 Å². The Morgan fingerprint density at radius 3 is 2.76 bits per heavy atom. The molecule has 98 valence electrons. The molecular formula is C11H20N2O3S. The Hall–Kier alpha value is -0.910. The Morgan fingerprint density at radius 1 is 1.47 bits per heavy atom. The molecule has 3 atom stereocenters. The zero-order chi connectivity index (χ0) is 12.8. The largest absolute Gasteiger partial charge is 0.481 e. The Labute approximate surface area is 107 Å². The first-order valence-corrected chi connectivity index (χ1v) is 6.53. The van der Waals surface area contributed by atoms with Gasteiger partial charge in [-0.1, -0.05) is 13.3 Å². The molecule has 1 saturated heterocycles. The number of rotatable bonds is 7. The highest BCUT2D eigenvalue weighted by Crippen LogP contribution is 2.19. The van der Waals surface area contributed by atoms with Gasteiger partial charge in [-0.3, -0.25) is 4.79 Å². The lowest BCUT2D eigenvalue weighted by molar-refractivity contribution is -0.137. The number of urea groups is 1. The van der Waals surface area contributed by atoms with Gasteiger partial charge in [-0.25, -0.2) is 4.79 Å². The third kappa shape index (κ3) is 4.46. The molecule has 3 unspecified atom stereocenters. The second-order valence-corrected chi connectivity index (χ2v) is 5.03. The van der Waals surface area contributed by atoms with Gasteiger partial charge in [0.25, 0.3) is 0 Å². The molecule has 1 aliphatic rings. The van der Waals surface area contributed by atoms with Crippen LogP contribution in [0.2, 0.25) is 0 Å². The summed E-state index contributed by atoms with van der Waals surface area (Å²) >= 11 is 4.50. The number of nitrogens with one attached hydrogen (secondary N) is 2. The molecule has 0 aromatic rings. The van der Waals surface area contributed by atoms with E-state index < -0.39 is 5.97 Å². The highest BCUT2D eigenvalue weighted by Gasteiger charge is 2.34. The molecule has 17 heavy (non-hydrogen) atoms. The molecule has 5 nitrogen and oxygen atoms in total. The normalized spacial score (nSPS) is 25.2. The second-order valence-electron chi connectivity index (χ2n) is 4.37. The van der Waals surface area contributed by atoms with E-state index in [0.29, 0.717) is 6.42 Å². The number of aliphatic carboxylic acids is 1. The van der Waals surface area contributed by atoms with Crippen LogP contribution >= 0.6 is 12.6 Å². The van der Waals surface area contributed by atoms with Crippen molar-refractivity contribution < 1.29 is 14.7 Å². The van der Waals surface area contributed by atoms with Crippen molar-refractivity contribution in [1.29, 1.82) is 0 Å². The molecule has 0 bridgehead atoms. The molecule has 6 heteroatoms. The number of amides is 2. The molecule has 0 aromatic carbocycles. The zero-order valence-electron chi connectivity index (χ0n) is 9.98. The van der Waals surface area contributed by atoms with Crippen LogP contribution in [0.1, 0.15) is 39.0 Å². The van der Waals surface area contributed by atoms with E-state index in [4.69, 9.17) is 5.11 Å². The van der Waals surface area contributed by atoms with E-state index in [1.807, 2.05) is 6.92 Å². The van der Waals surface area contributed by atoms with Crippen molar-refractivity contribution in [2.75, 3.05) is 0 Å². The number of carboxylic acid groups (broad SMARTS) is 1. The Bertz CT molecular complexity index is 286. The smallest absolute Gasteiger partial charge is 0.315 e. The SMILES string of the molecule is CCC1NC(=O)NC1C(S)CCCCC(=O)O. The number of carbonyl (C=O) groups excluding carboxylic acids is 1. The van der Waals surface area contributed by atoms with Gasteiger partial charge in [0, 0.05) is 11.7 Å². The van der Waals surface area contributed by atoms with Crippen LogP contribution in [0.4, 0.5) is 4.79 Å². The van der Waals surface area contributed by atoms with E-state index >= 15 is 0 Å². The van der Waals surface area contributed by atoms with Crippen LogP contribution in [0.5, 0.6) is 0 Å². The predicted octanol–water partition coefficient (Wildman–Crippen LogP) is 1.39. The van der Waals surface area contributed by atoms with Crippen molar-refractivity contribution in [3.63, 3.8) is 0 Å². The van der Waals surface area contributed by atoms with E-state index in [1.54, 1.807) is 0 Å². The van der Waals surface area contributed by atoms with Gasteiger partial charge in [0.05, 0.1) is 12.1 Å². The number of hydrogen-bond donors (Lipinski definition) is 4. The number of thiol groups is 1. The molecule has 0 radical (unpaired) electrons. The van der Waals surface area contributed by atoms with Crippen LogP contribution in [0.15, 0.2) is 0 Å². The molecule has 0 spiro atoms. The predicted molar refractivity (Wildman–Crippen MR) is 68.4 cm³/mol. The van der Waals surface area contributed by atoms with E-state index in [2.05, 4.69) is 23.3 Å². The van der Waals surface area contributed by atoms with Crippen LogP contribution in [-0.2, 0) is 4.79 Å². The van der Waals surface area contributed by atoms with Gasteiger partial charge in [-0.2, -0.15) is 12.6 Å². The van der Waals surface area contributed by atoms with Crippen molar-refractivity contribution in [2.24, 2.45) is 0 Å². The van der Waals surface area contributed by atoms with Crippen LogP contribution in [-0.4, -0.2) is 34.4 Å². The first kappa shape index (κ1) is 14.2. The highest BCUT2D eigenvalue weighted by atomic mass is 32.1. The number of carbonyl (C=O) groups is 2. The third-order valence-corrected chi connectivity index (χ3v) is 3.62. The fraction of sp³-hybridized carbons (Fsp3) is 0.818. The molecule has 0 saturated carbocycles. The minimum absolute atomic E-state index is 0.0423. The summed E-state index contributed by atoms with van der Waals surface area (Å²) in [5.41, 5.74) is 0. The first-order chi connectivity index (χ1) is 8.04. The van der Waals surface area contributed by atoms with E-state index in [0.717, 1.165) is 19.3 Å². The van der Waals surface area contributed by atoms with Crippen LogP contribution in [0, 0.1) is 0 Å². The van der Waals surface area contributed by atoms with Crippen LogP contribution in [0.3, 0.4) is 0 Å². The summed E-state index contributed by atoms with van der Waals surface area (Å²) < 4.78 is 0. The van der Waals surface area contributed by atoms with Crippen LogP contribution < -0.4 is 10.6 Å². The zero-order valence-corrected chi connectivity index (χ0v) is 10.9. The fourth-order valence-electron chi connectivity index (χ4n) is 2.08.